The summed E-state index contributed by atoms with van der Waals surface area (Å²) in [4.78, 5) is 0. The molecular formula is C7H5BrClFO2. The van der Waals surface area contributed by atoms with Crippen molar-refractivity contribution < 1.29 is 14.6 Å². The summed E-state index contributed by atoms with van der Waals surface area (Å²) in [5, 5.41) is 17.8. The van der Waals surface area contributed by atoms with Gasteiger partial charge in [0, 0.05) is 5.56 Å². The molecule has 2 nitrogen and oxygen atoms in total. The maximum Gasteiger partial charge on any atom is 0.159 e. The first kappa shape index (κ1) is 9.77. The molecule has 0 aliphatic carbocycles. The summed E-state index contributed by atoms with van der Waals surface area (Å²) >= 11 is 8.24. The van der Waals surface area contributed by atoms with Crippen LogP contribution in [-0.4, -0.2) is 10.2 Å². The van der Waals surface area contributed by atoms with Gasteiger partial charge in [-0.15, -0.1) is 0 Å². The van der Waals surface area contributed by atoms with Crippen molar-refractivity contribution in [2.24, 2.45) is 0 Å². The molecule has 0 aliphatic rings. The van der Waals surface area contributed by atoms with Crippen molar-refractivity contribution >= 4 is 27.5 Å². The number of benzene rings is 1. The zero-order chi connectivity index (χ0) is 9.30. The molecular weight excluding hydrogens is 250 g/mol. The maximum atomic E-state index is 12.9. The molecule has 1 rings (SSSR count). The molecule has 66 valence electrons. The highest BCUT2D eigenvalue weighted by Gasteiger charge is 2.13. The Morgan fingerprint density at radius 2 is 2.17 bits per heavy atom. The van der Waals surface area contributed by atoms with Gasteiger partial charge in [-0.05, 0) is 22.0 Å². The fraction of sp³-hybridized carbons (Fsp3) is 0.143. The van der Waals surface area contributed by atoms with E-state index in [1.165, 1.54) is 6.07 Å². The largest absolute Gasteiger partial charge is 0.506 e. The lowest BCUT2D eigenvalue weighted by molar-refractivity contribution is 0.275. The Bertz CT molecular complexity index is 317. The van der Waals surface area contributed by atoms with Crippen molar-refractivity contribution in [3.8, 4) is 5.75 Å². The predicted octanol–water partition coefficient (Wildman–Crippen LogP) is 2.44. The van der Waals surface area contributed by atoms with Crippen LogP contribution in [0.3, 0.4) is 0 Å². The SMILES string of the molecule is OCc1cc(Cl)c(F)c(Br)c1O. The molecule has 0 unspecified atom stereocenters. The fourth-order valence-electron chi connectivity index (χ4n) is 0.755. The Morgan fingerprint density at radius 3 is 2.67 bits per heavy atom. The first-order valence-electron chi connectivity index (χ1n) is 3.04. The molecule has 0 amide bonds. The third-order valence-electron chi connectivity index (χ3n) is 1.39. The highest BCUT2D eigenvalue weighted by Crippen LogP contribution is 2.34. The lowest BCUT2D eigenvalue weighted by Gasteiger charge is -2.05. The van der Waals surface area contributed by atoms with Crippen molar-refractivity contribution in [3.05, 3.63) is 26.9 Å². The summed E-state index contributed by atoms with van der Waals surface area (Å²) in [5.41, 5.74) is 0.188. The smallest absolute Gasteiger partial charge is 0.159 e. The molecule has 2 N–H and O–H groups in total. The number of aliphatic hydroxyl groups excluding tert-OH is 1. The maximum absolute atomic E-state index is 12.9. The van der Waals surface area contributed by atoms with Gasteiger partial charge in [0.25, 0.3) is 0 Å². The zero-order valence-electron chi connectivity index (χ0n) is 5.81. The topological polar surface area (TPSA) is 40.5 Å². The average Bonchev–Trinajstić information content (AvgIpc) is 2.08. The lowest BCUT2D eigenvalue weighted by atomic mass is 10.2. The Balaban J connectivity index is 3.39. The molecule has 1 aromatic carbocycles. The van der Waals surface area contributed by atoms with E-state index in [9.17, 15) is 9.50 Å². The molecule has 5 heteroatoms. The van der Waals surface area contributed by atoms with Crippen molar-refractivity contribution in [1.29, 1.82) is 0 Å². The number of hydrogen-bond acceptors (Lipinski definition) is 2. The Morgan fingerprint density at radius 1 is 1.58 bits per heavy atom. The molecule has 12 heavy (non-hydrogen) atoms. The highest BCUT2D eigenvalue weighted by atomic mass is 79.9. The van der Waals surface area contributed by atoms with Gasteiger partial charge in [-0.1, -0.05) is 11.6 Å². The minimum absolute atomic E-state index is 0.126. The van der Waals surface area contributed by atoms with Gasteiger partial charge in [0.05, 0.1) is 16.1 Å². The monoisotopic (exact) mass is 254 g/mol. The molecule has 0 atom stereocenters. The van der Waals surface area contributed by atoms with Crippen LogP contribution in [-0.2, 0) is 6.61 Å². The van der Waals surface area contributed by atoms with Crippen LogP contribution in [0.2, 0.25) is 5.02 Å². The Kier molecular flexibility index (Phi) is 2.93. The molecule has 0 saturated heterocycles. The lowest BCUT2D eigenvalue weighted by Crippen LogP contribution is -1.89. The summed E-state index contributed by atoms with van der Waals surface area (Å²) in [6.45, 7) is -0.384. The minimum Gasteiger partial charge on any atom is -0.506 e. The van der Waals surface area contributed by atoms with E-state index in [0.717, 1.165) is 0 Å². The second-order valence-corrected chi connectivity index (χ2v) is 3.35. The normalized spacial score (nSPS) is 10.3. The van der Waals surface area contributed by atoms with Crippen molar-refractivity contribution in [3.63, 3.8) is 0 Å². The average molecular weight is 255 g/mol. The van der Waals surface area contributed by atoms with Crippen molar-refractivity contribution in [1.82, 2.24) is 0 Å². The summed E-state index contributed by atoms with van der Waals surface area (Å²) in [6.07, 6.45) is 0. The molecule has 0 bridgehead atoms. The van der Waals surface area contributed by atoms with Crippen LogP contribution in [0.15, 0.2) is 10.5 Å². The van der Waals surface area contributed by atoms with Gasteiger partial charge in [0.15, 0.2) is 5.82 Å². The first-order valence-corrected chi connectivity index (χ1v) is 4.21. The van der Waals surface area contributed by atoms with Crippen LogP contribution in [0.5, 0.6) is 5.75 Å². The summed E-state index contributed by atoms with van der Waals surface area (Å²) in [7, 11) is 0. The number of aromatic hydroxyl groups is 1. The third kappa shape index (κ3) is 1.55. The van der Waals surface area contributed by atoms with E-state index in [1.54, 1.807) is 0 Å². The molecule has 0 aromatic heterocycles. The van der Waals surface area contributed by atoms with Gasteiger partial charge >= 0.3 is 0 Å². The number of phenols is 1. The van der Waals surface area contributed by atoms with Crippen LogP contribution in [0.1, 0.15) is 5.56 Å². The number of rotatable bonds is 1. The van der Waals surface area contributed by atoms with Gasteiger partial charge in [-0.2, -0.15) is 0 Å². The van der Waals surface area contributed by atoms with E-state index < -0.39 is 5.82 Å². The summed E-state index contributed by atoms with van der Waals surface area (Å²) in [6, 6.07) is 1.18. The molecule has 0 fully saturated rings. The van der Waals surface area contributed by atoms with E-state index in [1.807, 2.05) is 0 Å². The van der Waals surface area contributed by atoms with Gasteiger partial charge in [-0.25, -0.2) is 4.39 Å². The van der Waals surface area contributed by atoms with Crippen LogP contribution < -0.4 is 0 Å². The van der Waals surface area contributed by atoms with Crippen LogP contribution >= 0.6 is 27.5 Å². The van der Waals surface area contributed by atoms with Crippen LogP contribution in [0.4, 0.5) is 4.39 Å². The number of halogens is 3. The molecule has 0 aliphatic heterocycles. The van der Waals surface area contributed by atoms with E-state index in [0.29, 0.717) is 0 Å². The van der Waals surface area contributed by atoms with E-state index >= 15 is 0 Å². The minimum atomic E-state index is -0.730. The predicted molar refractivity (Wildman–Crippen MR) is 46.7 cm³/mol. The molecule has 0 heterocycles. The molecule has 1 aromatic rings. The molecule has 0 spiro atoms. The second-order valence-electron chi connectivity index (χ2n) is 2.15. The zero-order valence-corrected chi connectivity index (χ0v) is 8.15. The number of hydrogen-bond donors (Lipinski definition) is 2. The second kappa shape index (κ2) is 3.60. The van der Waals surface area contributed by atoms with E-state index in [4.69, 9.17) is 16.7 Å². The number of aliphatic hydroxyl groups is 1. The molecule has 0 radical (unpaired) electrons. The summed E-state index contributed by atoms with van der Waals surface area (Å²) in [5.74, 6) is -1.05. The quantitative estimate of drug-likeness (QED) is 0.757. The van der Waals surface area contributed by atoms with Crippen LogP contribution in [0.25, 0.3) is 0 Å². The fourth-order valence-corrected chi connectivity index (χ4v) is 1.56. The van der Waals surface area contributed by atoms with Gasteiger partial charge in [-0.3, -0.25) is 0 Å². The Hall–Kier alpha value is -0.320. The van der Waals surface area contributed by atoms with Crippen molar-refractivity contribution in [2.75, 3.05) is 0 Å². The Labute approximate surface area is 81.7 Å². The first-order chi connectivity index (χ1) is 5.57. The van der Waals surface area contributed by atoms with Gasteiger partial charge in [0.2, 0.25) is 0 Å². The molecule has 0 saturated carbocycles. The van der Waals surface area contributed by atoms with Gasteiger partial charge in [0.1, 0.15) is 5.75 Å². The summed E-state index contributed by atoms with van der Waals surface area (Å²) < 4.78 is 12.8. The van der Waals surface area contributed by atoms with Gasteiger partial charge < -0.3 is 10.2 Å². The van der Waals surface area contributed by atoms with E-state index in [-0.39, 0.29) is 27.4 Å². The standard InChI is InChI=1S/C7H5BrClFO2/c8-5-6(10)4(9)1-3(2-11)7(5)12/h1,11-12H,2H2. The highest BCUT2D eigenvalue weighted by molar-refractivity contribution is 9.10. The van der Waals surface area contributed by atoms with Crippen molar-refractivity contribution in [2.45, 2.75) is 6.61 Å². The van der Waals surface area contributed by atoms with E-state index in [2.05, 4.69) is 15.9 Å². The third-order valence-corrected chi connectivity index (χ3v) is 2.38. The van der Waals surface area contributed by atoms with Crippen LogP contribution in [0, 0.1) is 5.82 Å².